The summed E-state index contributed by atoms with van der Waals surface area (Å²) in [5, 5.41) is 9.07. The van der Waals surface area contributed by atoms with Crippen LogP contribution in [0.1, 0.15) is 5.69 Å². The minimum Gasteiger partial charge on any atom is -0.480 e. The van der Waals surface area contributed by atoms with E-state index >= 15 is 0 Å². The molecule has 1 unspecified atom stereocenters. The van der Waals surface area contributed by atoms with Crippen LogP contribution in [0.2, 0.25) is 0 Å². The van der Waals surface area contributed by atoms with E-state index in [0.29, 0.717) is 11.3 Å². The van der Waals surface area contributed by atoms with Gasteiger partial charge in [-0.15, -0.1) is 0 Å². The van der Waals surface area contributed by atoms with Crippen LogP contribution < -0.4 is 0 Å². The van der Waals surface area contributed by atoms with Crippen molar-refractivity contribution in [2.45, 2.75) is 10.5 Å². The number of fused-ring (bicyclic) bond motifs is 1. The lowest BCUT2D eigenvalue weighted by atomic mass is 10.2. The molecular formula is C10H10BrN2O5P. The summed E-state index contributed by atoms with van der Waals surface area (Å²) in [6.07, 6.45) is 2.65. The van der Waals surface area contributed by atoms with Crippen LogP contribution in [0, 0.1) is 0 Å². The van der Waals surface area contributed by atoms with Gasteiger partial charge in [0.25, 0.3) is 0 Å². The third kappa shape index (κ3) is 2.44. The minimum absolute atomic E-state index is 0.387. The average Bonchev–Trinajstić information content (AvgIpc) is 2.71. The molecule has 0 saturated heterocycles. The van der Waals surface area contributed by atoms with Gasteiger partial charge in [0.1, 0.15) is 5.65 Å². The molecule has 1 atom stereocenters. The van der Waals surface area contributed by atoms with Gasteiger partial charge >= 0.3 is 13.6 Å². The number of carboxylic acids is 1. The zero-order chi connectivity index (χ0) is 14.3. The van der Waals surface area contributed by atoms with Gasteiger partial charge in [0.15, 0.2) is 0 Å². The summed E-state index contributed by atoms with van der Waals surface area (Å²) in [5.74, 6) is -1.62. The Hall–Kier alpha value is -1.21. The Kier molecular flexibility index (Phi) is 3.53. The third-order valence-electron chi connectivity index (χ3n) is 2.70. The maximum absolute atomic E-state index is 11.4. The molecular weight excluding hydrogens is 339 g/mol. The summed E-state index contributed by atoms with van der Waals surface area (Å²) >= 11 is 2.67. The molecule has 9 heteroatoms. The summed E-state index contributed by atoms with van der Waals surface area (Å²) in [7, 11) is -4.89. The SMILES string of the molecule is O=C(O)C(Br)(Cc1cnc2ccccn12)P(=O)(O)O. The summed E-state index contributed by atoms with van der Waals surface area (Å²) in [5.41, 5.74) is 0.960. The normalized spacial score (nSPS) is 15.3. The number of pyridine rings is 1. The Labute approximate surface area is 116 Å². The number of imidazole rings is 1. The predicted molar refractivity (Wildman–Crippen MR) is 70.2 cm³/mol. The molecule has 0 spiro atoms. The first kappa shape index (κ1) is 14.2. The quantitative estimate of drug-likeness (QED) is 0.565. The molecule has 2 rings (SSSR count). The van der Waals surface area contributed by atoms with Gasteiger partial charge in [0.2, 0.25) is 4.07 Å². The molecule has 0 amide bonds. The van der Waals surface area contributed by atoms with Crippen molar-refractivity contribution in [3.8, 4) is 0 Å². The summed E-state index contributed by atoms with van der Waals surface area (Å²) in [4.78, 5) is 33.7. The Morgan fingerprint density at radius 1 is 1.47 bits per heavy atom. The topological polar surface area (TPSA) is 112 Å². The number of alkyl halides is 1. The maximum Gasteiger partial charge on any atom is 0.353 e. The molecule has 0 fully saturated rings. The van der Waals surface area contributed by atoms with E-state index in [1.807, 2.05) is 0 Å². The monoisotopic (exact) mass is 348 g/mol. The van der Waals surface area contributed by atoms with Crippen LogP contribution in [0.3, 0.4) is 0 Å². The first-order valence-corrected chi connectivity index (χ1v) is 7.55. The standard InChI is InChI=1S/C10H10BrN2O5P/c11-10(9(14)15,19(16,17)18)5-7-6-12-8-3-1-2-4-13(7)8/h1-4,6H,5H2,(H,14,15)(H2,16,17,18). The summed E-state index contributed by atoms with van der Waals surface area (Å²) < 4.78 is 10.6. The number of hydrogen-bond donors (Lipinski definition) is 3. The van der Waals surface area contributed by atoms with Gasteiger partial charge in [-0.25, -0.2) is 9.78 Å². The van der Waals surface area contributed by atoms with Crippen molar-refractivity contribution in [2.75, 3.05) is 0 Å². The first-order chi connectivity index (χ1) is 8.75. The number of nitrogens with zero attached hydrogens (tertiary/aromatic N) is 2. The van der Waals surface area contributed by atoms with E-state index in [-0.39, 0.29) is 0 Å². The molecule has 3 N–H and O–H groups in total. The van der Waals surface area contributed by atoms with Gasteiger partial charge in [0.05, 0.1) is 0 Å². The zero-order valence-electron chi connectivity index (χ0n) is 9.47. The van der Waals surface area contributed by atoms with Crippen LogP contribution in [0.25, 0.3) is 5.65 Å². The molecule has 0 bridgehead atoms. The number of hydrogen-bond acceptors (Lipinski definition) is 3. The number of aromatic nitrogens is 2. The van der Waals surface area contributed by atoms with Gasteiger partial charge in [0, 0.05) is 24.5 Å². The Morgan fingerprint density at radius 3 is 2.74 bits per heavy atom. The van der Waals surface area contributed by atoms with Crippen molar-refractivity contribution in [1.29, 1.82) is 0 Å². The van der Waals surface area contributed by atoms with E-state index in [1.54, 1.807) is 28.8 Å². The summed E-state index contributed by atoms with van der Waals surface area (Å²) in [6.45, 7) is 0. The zero-order valence-corrected chi connectivity index (χ0v) is 12.0. The molecule has 2 aromatic heterocycles. The minimum atomic E-state index is -4.89. The molecule has 0 radical (unpaired) electrons. The number of rotatable bonds is 4. The lowest BCUT2D eigenvalue weighted by Crippen LogP contribution is -2.34. The average molecular weight is 349 g/mol. The first-order valence-electron chi connectivity index (χ1n) is 5.14. The van der Waals surface area contributed by atoms with E-state index in [1.165, 1.54) is 6.20 Å². The molecule has 0 aliphatic carbocycles. The highest BCUT2D eigenvalue weighted by molar-refractivity contribution is 9.11. The molecule has 0 aromatic carbocycles. The summed E-state index contributed by atoms with van der Waals surface area (Å²) in [6, 6.07) is 5.18. The van der Waals surface area contributed by atoms with Crippen LogP contribution in [-0.4, -0.2) is 34.3 Å². The fourth-order valence-corrected chi connectivity index (χ4v) is 2.56. The van der Waals surface area contributed by atoms with Crippen molar-refractivity contribution in [3.05, 3.63) is 36.3 Å². The molecule has 0 saturated carbocycles. The van der Waals surface area contributed by atoms with E-state index < -0.39 is 24.1 Å². The van der Waals surface area contributed by atoms with Crippen molar-refractivity contribution < 1.29 is 24.3 Å². The third-order valence-corrected chi connectivity index (χ3v) is 5.98. The Balaban J connectivity index is 2.49. The van der Waals surface area contributed by atoms with Crippen LogP contribution >= 0.6 is 23.5 Å². The maximum atomic E-state index is 11.4. The fraction of sp³-hybridized carbons (Fsp3) is 0.200. The lowest BCUT2D eigenvalue weighted by Gasteiger charge is -2.23. The molecule has 19 heavy (non-hydrogen) atoms. The van der Waals surface area contributed by atoms with Crippen LogP contribution in [-0.2, 0) is 15.8 Å². The number of aliphatic carboxylic acids is 1. The largest absolute Gasteiger partial charge is 0.480 e. The van der Waals surface area contributed by atoms with Crippen LogP contribution in [0.5, 0.6) is 0 Å². The predicted octanol–water partition coefficient (Wildman–Crippen LogP) is 1.23. The molecule has 0 aliphatic rings. The second-order valence-corrected chi connectivity index (χ2v) is 7.78. The number of carbonyl (C=O) groups is 1. The van der Waals surface area contributed by atoms with E-state index in [0.717, 1.165) is 0 Å². The highest BCUT2D eigenvalue weighted by Gasteiger charge is 2.52. The molecule has 2 aromatic rings. The van der Waals surface area contributed by atoms with E-state index in [9.17, 15) is 19.1 Å². The number of halogens is 1. The van der Waals surface area contributed by atoms with Crippen molar-refractivity contribution in [1.82, 2.24) is 9.38 Å². The molecule has 102 valence electrons. The van der Waals surface area contributed by atoms with Crippen LogP contribution in [0.4, 0.5) is 0 Å². The Bertz CT molecular complexity index is 681. The molecule has 0 aliphatic heterocycles. The molecule has 2 heterocycles. The van der Waals surface area contributed by atoms with Crippen molar-refractivity contribution in [3.63, 3.8) is 0 Å². The Morgan fingerprint density at radius 2 is 2.16 bits per heavy atom. The van der Waals surface area contributed by atoms with Crippen molar-refractivity contribution >= 4 is 35.1 Å². The van der Waals surface area contributed by atoms with Gasteiger partial charge in [-0.1, -0.05) is 22.0 Å². The lowest BCUT2D eigenvalue weighted by molar-refractivity contribution is -0.137. The van der Waals surface area contributed by atoms with Gasteiger partial charge in [-0.2, -0.15) is 0 Å². The van der Waals surface area contributed by atoms with Gasteiger partial charge in [-0.05, 0) is 12.1 Å². The second kappa shape index (κ2) is 4.72. The second-order valence-electron chi connectivity index (χ2n) is 3.96. The van der Waals surface area contributed by atoms with E-state index in [4.69, 9.17) is 5.11 Å². The van der Waals surface area contributed by atoms with Crippen molar-refractivity contribution in [2.24, 2.45) is 0 Å². The van der Waals surface area contributed by atoms with Gasteiger partial charge in [-0.3, -0.25) is 4.57 Å². The smallest absolute Gasteiger partial charge is 0.353 e. The number of carboxylic acid groups (broad SMARTS) is 1. The highest BCUT2D eigenvalue weighted by atomic mass is 79.9. The van der Waals surface area contributed by atoms with Crippen LogP contribution in [0.15, 0.2) is 30.6 Å². The molecule has 7 nitrogen and oxygen atoms in total. The highest BCUT2D eigenvalue weighted by Crippen LogP contribution is 2.56. The van der Waals surface area contributed by atoms with E-state index in [2.05, 4.69) is 20.9 Å². The fourth-order valence-electron chi connectivity index (χ4n) is 1.66. The van der Waals surface area contributed by atoms with Gasteiger partial charge < -0.3 is 19.3 Å².